The number of ether oxygens (including phenoxy) is 1. The Morgan fingerprint density at radius 2 is 2.03 bits per heavy atom. The van der Waals surface area contributed by atoms with Gasteiger partial charge in [-0.3, -0.25) is 14.8 Å². The second kappa shape index (κ2) is 7.16. The number of nitro groups is 1. The predicted octanol–water partition coefficient (Wildman–Crippen LogP) is 3.11. The molecule has 4 rings (SSSR count). The highest BCUT2D eigenvalue weighted by Gasteiger charge is 2.48. The number of hydrogen-bond donors (Lipinski definition) is 1. The SMILES string of the molecule is COC(=O)C1=C(C)Nc2c(c(N3CCCC3)nn2C)C1(C)c1cccc([N+](=O)[O-])c1. The van der Waals surface area contributed by atoms with Gasteiger partial charge in [0, 0.05) is 38.0 Å². The van der Waals surface area contributed by atoms with E-state index in [0.717, 1.165) is 43.1 Å². The van der Waals surface area contributed by atoms with Crippen molar-refractivity contribution in [1.29, 1.82) is 0 Å². The van der Waals surface area contributed by atoms with Crippen LogP contribution in [0.3, 0.4) is 0 Å². The molecule has 1 atom stereocenters. The van der Waals surface area contributed by atoms with Gasteiger partial charge in [0.1, 0.15) is 5.82 Å². The lowest BCUT2D eigenvalue weighted by Gasteiger charge is -2.38. The van der Waals surface area contributed by atoms with Crippen LogP contribution in [0.1, 0.15) is 37.8 Å². The second-order valence-electron chi connectivity index (χ2n) is 7.91. The average Bonchev–Trinajstić information content (AvgIpc) is 3.36. The van der Waals surface area contributed by atoms with Crippen molar-refractivity contribution in [1.82, 2.24) is 9.78 Å². The summed E-state index contributed by atoms with van der Waals surface area (Å²) in [5.74, 6) is 1.09. The molecule has 0 radical (unpaired) electrons. The van der Waals surface area contributed by atoms with E-state index in [-0.39, 0.29) is 5.69 Å². The molecule has 3 heterocycles. The summed E-state index contributed by atoms with van der Waals surface area (Å²) in [5.41, 5.74) is 1.54. The highest BCUT2D eigenvalue weighted by Crippen LogP contribution is 2.51. The van der Waals surface area contributed by atoms with Gasteiger partial charge < -0.3 is 15.0 Å². The first-order valence-corrected chi connectivity index (χ1v) is 9.93. The number of aromatic nitrogens is 2. The van der Waals surface area contributed by atoms with Crippen molar-refractivity contribution in [2.45, 2.75) is 32.1 Å². The fraction of sp³-hybridized carbons (Fsp3) is 0.429. The highest BCUT2D eigenvalue weighted by atomic mass is 16.6. The lowest BCUT2D eigenvalue weighted by atomic mass is 9.68. The molecule has 1 saturated heterocycles. The Morgan fingerprint density at radius 1 is 1.33 bits per heavy atom. The molecule has 1 unspecified atom stereocenters. The molecule has 2 aromatic rings. The third-order valence-electron chi connectivity index (χ3n) is 6.14. The molecule has 9 nitrogen and oxygen atoms in total. The van der Waals surface area contributed by atoms with E-state index >= 15 is 0 Å². The molecular weight excluding hydrogens is 386 g/mol. The maximum Gasteiger partial charge on any atom is 0.336 e. The third kappa shape index (κ3) is 2.84. The second-order valence-corrected chi connectivity index (χ2v) is 7.91. The molecule has 0 amide bonds. The number of rotatable bonds is 4. The number of fused-ring (bicyclic) bond motifs is 1. The molecule has 1 aromatic carbocycles. The number of esters is 1. The van der Waals surface area contributed by atoms with Crippen LogP contribution in [0, 0.1) is 10.1 Å². The van der Waals surface area contributed by atoms with Crippen molar-refractivity contribution in [3.05, 3.63) is 56.8 Å². The van der Waals surface area contributed by atoms with Crippen LogP contribution in [0.15, 0.2) is 35.5 Å². The molecular formula is C21H25N5O4. The van der Waals surface area contributed by atoms with E-state index in [0.29, 0.717) is 16.8 Å². The summed E-state index contributed by atoms with van der Waals surface area (Å²) < 4.78 is 6.90. The van der Waals surface area contributed by atoms with Gasteiger partial charge in [-0.2, -0.15) is 5.10 Å². The molecule has 2 aliphatic heterocycles. The molecule has 1 aromatic heterocycles. The zero-order valence-electron chi connectivity index (χ0n) is 17.6. The lowest BCUT2D eigenvalue weighted by molar-refractivity contribution is -0.384. The first-order chi connectivity index (χ1) is 14.3. The number of carbonyl (C=O) groups is 1. The Bertz CT molecular complexity index is 1070. The summed E-state index contributed by atoms with van der Waals surface area (Å²) >= 11 is 0. The van der Waals surface area contributed by atoms with Crippen molar-refractivity contribution < 1.29 is 14.5 Å². The van der Waals surface area contributed by atoms with Crippen LogP contribution in [-0.2, 0) is 22.0 Å². The van der Waals surface area contributed by atoms with Crippen molar-refractivity contribution in [2.75, 3.05) is 30.4 Å². The Kier molecular flexibility index (Phi) is 4.76. The zero-order chi connectivity index (χ0) is 21.6. The van der Waals surface area contributed by atoms with Crippen LogP contribution >= 0.6 is 0 Å². The average molecular weight is 411 g/mol. The number of carbonyl (C=O) groups excluding carboxylic acids is 1. The van der Waals surface area contributed by atoms with Gasteiger partial charge in [0.2, 0.25) is 0 Å². The highest BCUT2D eigenvalue weighted by molar-refractivity contribution is 5.97. The number of allylic oxidation sites excluding steroid dienone is 1. The van der Waals surface area contributed by atoms with E-state index in [4.69, 9.17) is 9.84 Å². The van der Waals surface area contributed by atoms with Crippen molar-refractivity contribution >= 4 is 23.3 Å². The molecule has 0 aliphatic carbocycles. The minimum absolute atomic E-state index is 0.0257. The maximum atomic E-state index is 12.9. The van der Waals surface area contributed by atoms with Gasteiger partial charge in [0.15, 0.2) is 5.82 Å². The van der Waals surface area contributed by atoms with Crippen LogP contribution in [0.25, 0.3) is 0 Å². The normalized spacial score (nSPS) is 20.7. The lowest BCUT2D eigenvalue weighted by Crippen LogP contribution is -2.38. The molecule has 0 bridgehead atoms. The van der Waals surface area contributed by atoms with E-state index in [1.807, 2.05) is 27.0 Å². The number of nitro benzene ring substituents is 1. The minimum atomic E-state index is -0.976. The fourth-order valence-corrected chi connectivity index (χ4v) is 4.68. The standard InChI is InChI=1S/C21H25N5O4/c1-13-16(20(27)30-4)21(2,14-8-7-9-15(12-14)26(28)29)17-18(22-13)24(3)23-19(17)25-10-5-6-11-25/h7-9,12,22H,5-6,10-11H2,1-4H3. The quantitative estimate of drug-likeness (QED) is 0.468. The molecule has 30 heavy (non-hydrogen) atoms. The van der Waals surface area contributed by atoms with Gasteiger partial charge in [-0.1, -0.05) is 12.1 Å². The molecule has 9 heteroatoms. The van der Waals surface area contributed by atoms with Gasteiger partial charge in [0.05, 0.1) is 28.6 Å². The molecule has 0 saturated carbocycles. The Balaban J connectivity index is 2.04. The number of anilines is 2. The van der Waals surface area contributed by atoms with Gasteiger partial charge >= 0.3 is 5.97 Å². The first-order valence-electron chi connectivity index (χ1n) is 9.93. The molecule has 1 N–H and O–H groups in total. The van der Waals surface area contributed by atoms with Crippen LogP contribution < -0.4 is 10.2 Å². The number of hydrogen-bond acceptors (Lipinski definition) is 7. The Morgan fingerprint density at radius 3 is 2.67 bits per heavy atom. The number of methoxy groups -OCH3 is 1. The maximum absolute atomic E-state index is 12.9. The van der Waals surface area contributed by atoms with Gasteiger partial charge in [-0.15, -0.1) is 0 Å². The Hall–Kier alpha value is -3.36. The van der Waals surface area contributed by atoms with Crippen molar-refractivity contribution in [2.24, 2.45) is 7.05 Å². The van der Waals surface area contributed by atoms with Crippen LogP contribution in [0.4, 0.5) is 17.3 Å². The fourth-order valence-electron chi connectivity index (χ4n) is 4.68. The van der Waals surface area contributed by atoms with E-state index in [1.165, 1.54) is 19.2 Å². The van der Waals surface area contributed by atoms with Gasteiger partial charge in [0.25, 0.3) is 5.69 Å². The summed E-state index contributed by atoms with van der Waals surface area (Å²) in [4.78, 5) is 26.2. The molecule has 1 fully saturated rings. The monoisotopic (exact) mass is 411 g/mol. The van der Waals surface area contributed by atoms with Crippen LogP contribution in [0.2, 0.25) is 0 Å². The number of aryl methyl sites for hydroxylation is 1. The van der Waals surface area contributed by atoms with Crippen molar-refractivity contribution in [3.63, 3.8) is 0 Å². The Labute approximate surface area is 174 Å². The topological polar surface area (TPSA) is 103 Å². The van der Waals surface area contributed by atoms with Crippen LogP contribution in [-0.4, -0.2) is 40.9 Å². The van der Waals surface area contributed by atoms with E-state index < -0.39 is 16.3 Å². The summed E-state index contributed by atoms with van der Waals surface area (Å²) in [7, 11) is 3.20. The van der Waals surface area contributed by atoms with Crippen LogP contribution in [0.5, 0.6) is 0 Å². The molecule has 0 spiro atoms. The van der Waals surface area contributed by atoms with Gasteiger partial charge in [-0.25, -0.2) is 4.79 Å². The predicted molar refractivity (Wildman–Crippen MR) is 113 cm³/mol. The number of nitrogens with one attached hydrogen (secondary N) is 1. The summed E-state index contributed by atoms with van der Waals surface area (Å²) in [6, 6.07) is 6.45. The third-order valence-corrected chi connectivity index (χ3v) is 6.14. The van der Waals surface area contributed by atoms with E-state index in [1.54, 1.807) is 10.7 Å². The largest absolute Gasteiger partial charge is 0.466 e. The zero-order valence-corrected chi connectivity index (χ0v) is 17.6. The molecule has 2 aliphatic rings. The number of benzene rings is 1. The number of nitrogens with zero attached hydrogens (tertiary/aromatic N) is 4. The summed E-state index contributed by atoms with van der Waals surface area (Å²) in [5, 5.41) is 19.6. The number of non-ortho nitro benzene ring substituents is 1. The first kappa shape index (κ1) is 19.9. The minimum Gasteiger partial charge on any atom is -0.466 e. The smallest absolute Gasteiger partial charge is 0.336 e. The van der Waals surface area contributed by atoms with Crippen molar-refractivity contribution in [3.8, 4) is 0 Å². The van der Waals surface area contributed by atoms with E-state index in [2.05, 4.69) is 10.2 Å². The summed E-state index contributed by atoms with van der Waals surface area (Å²) in [6.07, 6.45) is 2.15. The van der Waals surface area contributed by atoms with E-state index in [9.17, 15) is 14.9 Å². The summed E-state index contributed by atoms with van der Waals surface area (Å²) in [6.45, 7) is 5.49. The van der Waals surface area contributed by atoms with Gasteiger partial charge in [-0.05, 0) is 32.3 Å². The molecule has 158 valence electrons.